The van der Waals surface area contributed by atoms with Crippen LogP contribution in [0.5, 0.6) is 11.9 Å². The monoisotopic (exact) mass is 575 g/mol. The topological polar surface area (TPSA) is 153 Å². The van der Waals surface area contributed by atoms with E-state index in [0.29, 0.717) is 16.7 Å². The zero-order valence-electron chi connectivity index (χ0n) is 22.5. The second-order valence-corrected chi connectivity index (χ2v) is 13.1. The molecule has 1 aliphatic carbocycles. The van der Waals surface area contributed by atoms with Gasteiger partial charge in [-0.3, -0.25) is 0 Å². The Morgan fingerprint density at radius 1 is 1.05 bits per heavy atom. The molecule has 1 aromatic carbocycles. The lowest BCUT2D eigenvalue weighted by molar-refractivity contribution is 0.185. The van der Waals surface area contributed by atoms with Crippen LogP contribution in [0.3, 0.4) is 0 Å². The first-order chi connectivity index (χ1) is 18.4. The minimum atomic E-state index is -3.94. The normalized spacial score (nSPS) is 18.0. The van der Waals surface area contributed by atoms with Gasteiger partial charge in [0.15, 0.2) is 0 Å². The summed E-state index contributed by atoms with van der Waals surface area (Å²) in [4.78, 5) is 24.8. The maximum atomic E-state index is 13.6. The number of hydrogen-bond acceptors (Lipinski definition) is 9. The van der Waals surface area contributed by atoms with Crippen molar-refractivity contribution >= 4 is 27.5 Å². The first kappa shape index (κ1) is 28.7. The van der Waals surface area contributed by atoms with Crippen LogP contribution in [0, 0.1) is 0 Å². The van der Waals surface area contributed by atoms with Gasteiger partial charge in [-0.15, -0.1) is 11.3 Å². The lowest BCUT2D eigenvalue weighted by Gasteiger charge is -2.27. The molecule has 0 spiro atoms. The number of sulfonamides is 1. The molecule has 4 rings (SSSR count). The molecule has 0 radical (unpaired) electrons. The maximum absolute atomic E-state index is 13.6. The first-order valence-corrected chi connectivity index (χ1v) is 14.8. The molecule has 0 unspecified atom stereocenters. The van der Waals surface area contributed by atoms with Crippen molar-refractivity contribution in [3.05, 3.63) is 35.6 Å². The Morgan fingerprint density at radius 2 is 1.77 bits per heavy atom. The van der Waals surface area contributed by atoms with Crippen molar-refractivity contribution < 1.29 is 27.8 Å². The van der Waals surface area contributed by atoms with Crippen LogP contribution in [-0.4, -0.2) is 60.4 Å². The fraction of sp³-hybridized carbons (Fsp3) is 0.462. The van der Waals surface area contributed by atoms with Gasteiger partial charge in [0.05, 0.1) is 34.6 Å². The highest BCUT2D eigenvalue weighted by Gasteiger charge is 2.29. The van der Waals surface area contributed by atoms with Gasteiger partial charge in [0.25, 0.3) is 0 Å². The maximum Gasteiger partial charge on any atom is 0.404 e. The van der Waals surface area contributed by atoms with Gasteiger partial charge >= 0.3 is 12.1 Å². The number of carboxylic acid groups (broad SMARTS) is 1. The van der Waals surface area contributed by atoms with Crippen LogP contribution in [0.15, 0.2) is 35.5 Å². The van der Waals surface area contributed by atoms with Gasteiger partial charge in [0.1, 0.15) is 0 Å². The van der Waals surface area contributed by atoms with E-state index in [9.17, 15) is 13.2 Å². The van der Waals surface area contributed by atoms with Gasteiger partial charge < -0.3 is 19.9 Å². The smallest absolute Gasteiger partial charge is 0.404 e. The van der Waals surface area contributed by atoms with Gasteiger partial charge in [0, 0.05) is 35.5 Å². The number of aromatic nitrogens is 3. The number of rotatable bonds is 8. The number of thiazole rings is 1. The predicted molar refractivity (Wildman–Crippen MR) is 148 cm³/mol. The van der Waals surface area contributed by atoms with Gasteiger partial charge in [0.2, 0.25) is 15.9 Å². The van der Waals surface area contributed by atoms with E-state index in [1.807, 2.05) is 0 Å². The van der Waals surface area contributed by atoms with Gasteiger partial charge in [-0.25, -0.2) is 27.9 Å². The molecule has 3 aromatic rings. The summed E-state index contributed by atoms with van der Waals surface area (Å²) in [6.07, 6.45) is 5.34. The second-order valence-electron chi connectivity index (χ2n) is 10.4. The van der Waals surface area contributed by atoms with E-state index < -0.39 is 21.7 Å². The molecule has 0 aliphatic heterocycles. The number of nitrogens with zero attached hydrogens (tertiary/aromatic N) is 3. The molecule has 0 saturated heterocycles. The number of hydrogen-bond donors (Lipinski definition) is 3. The zero-order valence-corrected chi connectivity index (χ0v) is 24.1. The zero-order chi connectivity index (χ0) is 28.4. The van der Waals surface area contributed by atoms with Crippen LogP contribution >= 0.6 is 11.3 Å². The average molecular weight is 576 g/mol. The fourth-order valence-corrected chi connectivity index (χ4v) is 7.49. The van der Waals surface area contributed by atoms with Crippen molar-refractivity contribution in [2.75, 3.05) is 14.2 Å². The van der Waals surface area contributed by atoms with Crippen LogP contribution in [-0.2, 0) is 10.0 Å². The van der Waals surface area contributed by atoms with E-state index in [1.54, 1.807) is 45.2 Å². The van der Waals surface area contributed by atoms with E-state index in [-0.39, 0.29) is 28.7 Å². The number of nitrogens with one attached hydrogen (secondary N) is 2. The Hall–Kier alpha value is -3.29. The molecular formula is C26H33N5O6S2. The SMILES string of the molecule is COc1ncc(-c2ccc(-c3cnc(C4CCC(NC(=O)O)CC4)s3)c(S(=O)(=O)NC(C)(C)C)c2)c(OC)n1. The van der Waals surface area contributed by atoms with E-state index >= 15 is 0 Å². The third-order valence-electron chi connectivity index (χ3n) is 6.32. The highest BCUT2D eigenvalue weighted by atomic mass is 32.2. The number of amides is 1. The largest absolute Gasteiger partial charge is 0.480 e. The third-order valence-corrected chi connectivity index (χ3v) is 9.31. The summed E-state index contributed by atoms with van der Waals surface area (Å²) in [5, 5.41) is 12.5. The van der Waals surface area contributed by atoms with Gasteiger partial charge in [-0.1, -0.05) is 12.1 Å². The van der Waals surface area contributed by atoms with Gasteiger partial charge in [-0.05, 0) is 58.1 Å². The summed E-state index contributed by atoms with van der Waals surface area (Å²) < 4.78 is 40.6. The molecule has 13 heteroatoms. The Balaban J connectivity index is 1.72. The lowest BCUT2D eigenvalue weighted by Crippen LogP contribution is -2.40. The molecule has 0 atom stereocenters. The number of benzene rings is 1. The van der Waals surface area contributed by atoms with Crippen molar-refractivity contribution in [1.29, 1.82) is 0 Å². The number of methoxy groups -OCH3 is 2. The second kappa shape index (κ2) is 11.4. The Labute approximate surface area is 232 Å². The van der Waals surface area contributed by atoms with E-state index in [2.05, 4.69) is 25.0 Å². The standard InChI is InChI=1S/C26H33N5O6S2/c1-26(2,3)31-39(34,35)21-12-16(19-13-28-24(37-5)30-22(19)36-4)8-11-18(21)20-14-27-23(38-20)15-6-9-17(10-7-15)29-25(32)33/h8,11-15,17,29,31H,6-7,9-10H2,1-5H3,(H,32,33). The fourth-order valence-electron chi connectivity index (χ4n) is 4.64. The summed E-state index contributed by atoms with van der Waals surface area (Å²) in [5.41, 5.74) is 0.929. The quantitative estimate of drug-likeness (QED) is 0.348. The molecule has 2 aromatic heterocycles. The van der Waals surface area contributed by atoms with E-state index in [4.69, 9.17) is 14.6 Å². The minimum Gasteiger partial charge on any atom is -0.480 e. The van der Waals surface area contributed by atoms with E-state index in [0.717, 1.165) is 35.6 Å². The molecular weight excluding hydrogens is 542 g/mol. The van der Waals surface area contributed by atoms with Gasteiger partial charge in [-0.2, -0.15) is 4.98 Å². The summed E-state index contributed by atoms with van der Waals surface area (Å²) in [6.45, 7) is 5.36. The van der Waals surface area contributed by atoms with Crippen molar-refractivity contribution in [3.63, 3.8) is 0 Å². The van der Waals surface area contributed by atoms with Crippen molar-refractivity contribution in [2.45, 2.75) is 68.8 Å². The van der Waals surface area contributed by atoms with Crippen LogP contribution in [0.4, 0.5) is 4.79 Å². The number of ether oxygens (including phenoxy) is 2. The molecule has 1 fully saturated rings. The Kier molecular flexibility index (Phi) is 8.42. The first-order valence-electron chi connectivity index (χ1n) is 12.5. The Morgan fingerprint density at radius 3 is 2.38 bits per heavy atom. The summed E-state index contributed by atoms with van der Waals surface area (Å²) in [5.74, 6) is 0.457. The molecule has 11 nitrogen and oxygen atoms in total. The van der Waals surface area contributed by atoms with Crippen molar-refractivity contribution in [2.24, 2.45) is 0 Å². The molecule has 3 N–H and O–H groups in total. The van der Waals surface area contributed by atoms with Crippen LogP contribution in [0.2, 0.25) is 0 Å². The molecule has 39 heavy (non-hydrogen) atoms. The predicted octanol–water partition coefficient (Wildman–Crippen LogP) is 4.65. The minimum absolute atomic E-state index is 0.0510. The van der Waals surface area contributed by atoms with E-state index in [1.165, 1.54) is 31.8 Å². The third kappa shape index (κ3) is 6.84. The van der Waals surface area contributed by atoms with Crippen molar-refractivity contribution in [1.82, 2.24) is 25.0 Å². The number of carbonyl (C=O) groups is 1. The van der Waals surface area contributed by atoms with Crippen molar-refractivity contribution in [3.8, 4) is 33.5 Å². The summed E-state index contributed by atoms with van der Waals surface area (Å²) in [7, 11) is -1.01. The van der Waals surface area contributed by atoms with Crippen LogP contribution < -0.4 is 19.5 Å². The summed E-state index contributed by atoms with van der Waals surface area (Å²) in [6, 6.07) is 5.26. The summed E-state index contributed by atoms with van der Waals surface area (Å²) >= 11 is 1.46. The van der Waals surface area contributed by atoms with Crippen LogP contribution in [0.1, 0.15) is 57.4 Å². The molecule has 1 aliphatic rings. The highest BCUT2D eigenvalue weighted by Crippen LogP contribution is 2.41. The molecule has 1 saturated carbocycles. The highest BCUT2D eigenvalue weighted by molar-refractivity contribution is 7.89. The van der Waals surface area contributed by atoms with Crippen LogP contribution in [0.25, 0.3) is 21.6 Å². The molecule has 2 heterocycles. The lowest BCUT2D eigenvalue weighted by atomic mass is 9.86. The molecule has 1 amide bonds. The Bertz CT molecular complexity index is 1440. The molecule has 210 valence electrons. The molecule has 0 bridgehead atoms. The average Bonchev–Trinajstić information content (AvgIpc) is 3.37.